The Kier molecular flexibility index (Phi) is 8.05. The highest BCUT2D eigenvalue weighted by atomic mass is 16.5. The molecule has 2 heterocycles. The number of pyridine rings is 1. The van der Waals surface area contributed by atoms with Crippen LogP contribution in [0.25, 0.3) is 22.0 Å². The van der Waals surface area contributed by atoms with Crippen molar-refractivity contribution in [2.24, 2.45) is 0 Å². The van der Waals surface area contributed by atoms with Gasteiger partial charge in [0.25, 0.3) is 5.56 Å². The van der Waals surface area contributed by atoms with Gasteiger partial charge in [-0.3, -0.25) is 9.59 Å². The van der Waals surface area contributed by atoms with Crippen LogP contribution in [0, 0.1) is 6.92 Å². The topological polar surface area (TPSA) is 110 Å². The van der Waals surface area contributed by atoms with Gasteiger partial charge in [0.2, 0.25) is 5.91 Å². The number of amides is 2. The first kappa shape index (κ1) is 25.4. The summed E-state index contributed by atoms with van der Waals surface area (Å²) in [5, 5.41) is 15.8. The van der Waals surface area contributed by atoms with Crippen molar-refractivity contribution in [3.8, 4) is 11.3 Å². The second kappa shape index (κ2) is 11.4. The van der Waals surface area contributed by atoms with Crippen molar-refractivity contribution in [3.05, 3.63) is 69.0 Å². The fourth-order valence-electron chi connectivity index (χ4n) is 4.78. The van der Waals surface area contributed by atoms with Gasteiger partial charge in [0, 0.05) is 44.1 Å². The molecule has 0 bridgehead atoms. The summed E-state index contributed by atoms with van der Waals surface area (Å²) < 4.78 is 7.22. The van der Waals surface area contributed by atoms with Crippen LogP contribution in [0.3, 0.4) is 0 Å². The highest BCUT2D eigenvalue weighted by molar-refractivity contribution is 5.92. The number of benzene rings is 2. The molecular weight excluding hydrogens is 458 g/mol. The molecule has 2 aromatic carbocycles. The van der Waals surface area contributed by atoms with E-state index in [2.05, 4.69) is 10.6 Å². The van der Waals surface area contributed by atoms with E-state index in [-0.39, 0.29) is 24.7 Å². The number of unbranched alkanes of at least 4 members (excludes halogenated alkanes) is 1. The van der Waals surface area contributed by atoms with Crippen LogP contribution in [-0.4, -0.2) is 41.9 Å². The van der Waals surface area contributed by atoms with Crippen LogP contribution in [0.2, 0.25) is 0 Å². The molecule has 2 amide bonds. The summed E-state index contributed by atoms with van der Waals surface area (Å²) in [5.41, 5.74) is 5.70. The van der Waals surface area contributed by atoms with Gasteiger partial charge in [0.15, 0.2) is 0 Å². The molecule has 3 N–H and O–H groups in total. The van der Waals surface area contributed by atoms with Gasteiger partial charge in [-0.05, 0) is 66.8 Å². The van der Waals surface area contributed by atoms with E-state index in [0.717, 1.165) is 45.3 Å². The van der Waals surface area contributed by atoms with Crippen LogP contribution >= 0.6 is 0 Å². The molecule has 1 aromatic heterocycles. The van der Waals surface area contributed by atoms with Gasteiger partial charge in [0.1, 0.15) is 6.61 Å². The minimum atomic E-state index is -0.505. The minimum Gasteiger partial charge on any atom is -0.445 e. The molecule has 0 saturated carbocycles. The van der Waals surface area contributed by atoms with Crippen molar-refractivity contribution in [3.63, 3.8) is 0 Å². The monoisotopic (exact) mass is 491 g/mol. The summed E-state index contributed by atoms with van der Waals surface area (Å²) in [4.78, 5) is 37.7. The van der Waals surface area contributed by atoms with Crippen molar-refractivity contribution in [1.29, 1.82) is 0 Å². The van der Waals surface area contributed by atoms with Gasteiger partial charge < -0.3 is 25.0 Å². The molecule has 4 rings (SSSR count). The van der Waals surface area contributed by atoms with E-state index in [1.807, 2.05) is 47.9 Å². The summed E-state index contributed by atoms with van der Waals surface area (Å²) in [7, 11) is 1.62. The van der Waals surface area contributed by atoms with E-state index in [4.69, 9.17) is 9.84 Å². The fraction of sp³-hybridized carbons (Fsp3) is 0.393. The zero-order valence-corrected chi connectivity index (χ0v) is 20.9. The van der Waals surface area contributed by atoms with Crippen molar-refractivity contribution in [1.82, 2.24) is 15.2 Å². The summed E-state index contributed by atoms with van der Waals surface area (Å²) in [6, 6.07) is 11.9. The quantitative estimate of drug-likeness (QED) is 0.398. The van der Waals surface area contributed by atoms with Crippen LogP contribution in [0.5, 0.6) is 0 Å². The number of hydrogen-bond acceptors (Lipinski definition) is 5. The Hall–Kier alpha value is -3.65. The van der Waals surface area contributed by atoms with Gasteiger partial charge in [-0.15, -0.1) is 0 Å². The highest BCUT2D eigenvalue weighted by Crippen LogP contribution is 2.36. The number of aromatic nitrogens is 1. The smallest absolute Gasteiger partial charge is 0.407 e. The molecule has 3 aromatic rings. The van der Waals surface area contributed by atoms with Crippen molar-refractivity contribution in [2.45, 2.75) is 52.2 Å². The number of ether oxygens (including phenoxy) is 1. The second-order valence-corrected chi connectivity index (χ2v) is 9.18. The molecule has 36 heavy (non-hydrogen) atoms. The molecule has 0 unspecified atom stereocenters. The van der Waals surface area contributed by atoms with E-state index in [1.165, 1.54) is 0 Å². The first-order valence-corrected chi connectivity index (χ1v) is 12.4. The molecule has 0 spiro atoms. The molecular formula is C28H33N3O5. The molecule has 0 fully saturated rings. The summed E-state index contributed by atoms with van der Waals surface area (Å²) in [5.74, 6) is -0.0524. The maximum atomic E-state index is 13.5. The lowest BCUT2D eigenvalue weighted by Crippen LogP contribution is -2.28. The molecule has 1 aliphatic rings. The Morgan fingerprint density at radius 1 is 1.11 bits per heavy atom. The molecule has 0 radical (unpaired) electrons. The fourth-order valence-corrected chi connectivity index (χ4v) is 4.78. The molecule has 1 aliphatic heterocycles. The van der Waals surface area contributed by atoms with E-state index in [9.17, 15) is 14.4 Å². The van der Waals surface area contributed by atoms with Crippen LogP contribution in [0.15, 0.2) is 41.2 Å². The molecule has 190 valence electrons. The maximum absolute atomic E-state index is 13.5. The number of alkyl carbamates (subject to hydrolysis) is 1. The van der Waals surface area contributed by atoms with Crippen molar-refractivity contribution in [2.75, 3.05) is 20.2 Å². The highest BCUT2D eigenvalue weighted by Gasteiger charge is 2.24. The van der Waals surface area contributed by atoms with Crippen molar-refractivity contribution >= 4 is 22.8 Å². The third-order valence-corrected chi connectivity index (χ3v) is 6.67. The second-order valence-electron chi connectivity index (χ2n) is 9.18. The first-order chi connectivity index (χ1) is 17.4. The van der Waals surface area contributed by atoms with E-state index >= 15 is 0 Å². The van der Waals surface area contributed by atoms with Crippen LogP contribution in [0.1, 0.15) is 41.5 Å². The summed E-state index contributed by atoms with van der Waals surface area (Å²) >= 11 is 0. The largest absolute Gasteiger partial charge is 0.445 e. The van der Waals surface area contributed by atoms with Crippen molar-refractivity contribution < 1.29 is 19.4 Å². The third-order valence-electron chi connectivity index (χ3n) is 6.67. The number of carbonyl (C=O) groups excluding carboxylic acids is 2. The lowest BCUT2D eigenvalue weighted by atomic mass is 9.88. The molecule has 8 nitrogen and oxygen atoms in total. The van der Waals surface area contributed by atoms with E-state index in [1.54, 1.807) is 7.05 Å². The Morgan fingerprint density at radius 2 is 1.94 bits per heavy atom. The SMILES string of the molecule is CNC(=O)CCc1c2n(c(=O)c3cc(C)ccc13)CCc1ccc(COC(=O)NCCCCO)cc1-2. The van der Waals surface area contributed by atoms with Gasteiger partial charge in [-0.25, -0.2) is 4.79 Å². The standard InChI is InChI=1S/C28H33N3O5/c1-18-5-8-21-22(9-10-25(33)29-2)26-23-16-19(17-36-28(35)30-12-3-4-14-32)6-7-20(23)11-13-31(26)27(34)24(21)15-18/h5-8,15-16,32H,3-4,9-14,17H2,1-2H3,(H,29,33)(H,30,35). The molecule has 0 atom stereocenters. The zero-order chi connectivity index (χ0) is 25.7. The maximum Gasteiger partial charge on any atom is 0.407 e. The van der Waals surface area contributed by atoms with Crippen LogP contribution in [0.4, 0.5) is 4.79 Å². The lowest BCUT2D eigenvalue weighted by Gasteiger charge is -2.26. The summed E-state index contributed by atoms with van der Waals surface area (Å²) in [6.07, 6.45) is 2.35. The molecule has 0 aliphatic carbocycles. The zero-order valence-electron chi connectivity index (χ0n) is 20.9. The number of hydrogen-bond donors (Lipinski definition) is 3. The van der Waals surface area contributed by atoms with Gasteiger partial charge in [-0.1, -0.05) is 29.8 Å². The normalized spacial score (nSPS) is 12.1. The van der Waals surface area contributed by atoms with Crippen LogP contribution in [-0.2, 0) is 35.5 Å². The average Bonchev–Trinajstić information content (AvgIpc) is 2.89. The number of rotatable bonds is 9. The Bertz CT molecular complexity index is 1350. The minimum absolute atomic E-state index is 0.0260. The van der Waals surface area contributed by atoms with Gasteiger partial charge >= 0.3 is 6.09 Å². The predicted molar refractivity (Wildman–Crippen MR) is 139 cm³/mol. The number of fused-ring (bicyclic) bond motifs is 4. The number of aryl methyl sites for hydroxylation is 3. The number of aliphatic hydroxyl groups is 1. The van der Waals surface area contributed by atoms with Gasteiger partial charge in [-0.2, -0.15) is 0 Å². The number of carbonyl (C=O) groups is 2. The van der Waals surface area contributed by atoms with E-state index in [0.29, 0.717) is 44.2 Å². The predicted octanol–water partition coefficient (Wildman–Crippen LogP) is 3.21. The molecule has 0 saturated heterocycles. The first-order valence-electron chi connectivity index (χ1n) is 12.4. The summed E-state index contributed by atoms with van der Waals surface area (Å²) in [6.45, 7) is 3.18. The third kappa shape index (κ3) is 5.44. The number of nitrogens with one attached hydrogen (secondary N) is 2. The Balaban J connectivity index is 1.70. The molecule has 8 heteroatoms. The van der Waals surface area contributed by atoms with E-state index < -0.39 is 6.09 Å². The Labute approximate surface area is 210 Å². The average molecular weight is 492 g/mol. The van der Waals surface area contributed by atoms with Crippen LogP contribution < -0.4 is 16.2 Å². The lowest BCUT2D eigenvalue weighted by molar-refractivity contribution is -0.120. The Morgan fingerprint density at radius 3 is 2.72 bits per heavy atom. The van der Waals surface area contributed by atoms with Gasteiger partial charge in [0.05, 0.1) is 5.69 Å². The number of nitrogens with zero attached hydrogens (tertiary/aromatic N) is 1. The number of aliphatic hydroxyl groups excluding tert-OH is 1.